The van der Waals surface area contributed by atoms with Gasteiger partial charge in [-0.05, 0) is 30.7 Å². The van der Waals surface area contributed by atoms with E-state index in [1.807, 2.05) is 13.0 Å². The van der Waals surface area contributed by atoms with Crippen molar-refractivity contribution in [3.05, 3.63) is 34.6 Å². The zero-order chi connectivity index (χ0) is 11.0. The molecule has 78 valence electrons. The third-order valence-electron chi connectivity index (χ3n) is 2.26. The number of pyridine rings is 1. The first-order valence-electron chi connectivity index (χ1n) is 4.56. The molecule has 4 heteroatoms. The van der Waals surface area contributed by atoms with Gasteiger partial charge in [-0.25, -0.2) is 9.37 Å². The highest BCUT2D eigenvalue weighted by Gasteiger charge is 2.07. The number of halogens is 2. The number of benzene rings is 1. The van der Waals surface area contributed by atoms with Crippen molar-refractivity contribution >= 4 is 28.3 Å². The average Bonchev–Trinajstić information content (AvgIpc) is 2.16. The van der Waals surface area contributed by atoms with Crippen molar-refractivity contribution in [2.75, 3.05) is 12.4 Å². The first kappa shape index (κ1) is 10.2. The van der Waals surface area contributed by atoms with Crippen molar-refractivity contribution in [1.82, 2.24) is 4.98 Å². The fourth-order valence-corrected chi connectivity index (χ4v) is 1.82. The number of hydrogen-bond acceptors (Lipinski definition) is 2. The predicted octanol–water partition coefficient (Wildman–Crippen LogP) is 3.38. The Morgan fingerprint density at radius 3 is 2.73 bits per heavy atom. The van der Waals surface area contributed by atoms with Gasteiger partial charge in [-0.1, -0.05) is 11.6 Å². The molecule has 1 N–H and O–H groups in total. The number of aryl methyl sites for hydroxylation is 1. The van der Waals surface area contributed by atoms with E-state index in [2.05, 4.69) is 10.3 Å². The van der Waals surface area contributed by atoms with E-state index < -0.39 is 0 Å². The van der Waals surface area contributed by atoms with Crippen LogP contribution in [0.15, 0.2) is 18.2 Å². The van der Waals surface area contributed by atoms with Crippen molar-refractivity contribution in [2.45, 2.75) is 6.92 Å². The number of aromatic nitrogens is 1. The Bertz CT molecular complexity index is 525. The summed E-state index contributed by atoms with van der Waals surface area (Å²) < 4.78 is 13.1. The van der Waals surface area contributed by atoms with Gasteiger partial charge in [0, 0.05) is 12.4 Å². The van der Waals surface area contributed by atoms with E-state index in [-0.39, 0.29) is 5.82 Å². The molecule has 2 aromatic rings. The summed E-state index contributed by atoms with van der Waals surface area (Å²) in [4.78, 5) is 4.32. The van der Waals surface area contributed by atoms with E-state index in [0.717, 1.165) is 16.8 Å². The van der Waals surface area contributed by atoms with Gasteiger partial charge in [0.2, 0.25) is 0 Å². The maximum atomic E-state index is 13.1. The lowest BCUT2D eigenvalue weighted by Crippen LogP contribution is -1.96. The van der Waals surface area contributed by atoms with Crippen LogP contribution in [0, 0.1) is 12.7 Å². The van der Waals surface area contributed by atoms with Crippen LogP contribution in [0.2, 0.25) is 5.02 Å². The quantitative estimate of drug-likeness (QED) is 0.803. The minimum atomic E-state index is -0.342. The Balaban J connectivity index is 2.81. The summed E-state index contributed by atoms with van der Waals surface area (Å²) in [6, 6.07) is 4.56. The summed E-state index contributed by atoms with van der Waals surface area (Å²) in [5.41, 5.74) is 1.58. The Hall–Kier alpha value is -1.35. The molecule has 0 spiro atoms. The second kappa shape index (κ2) is 3.66. The zero-order valence-electron chi connectivity index (χ0n) is 8.44. The van der Waals surface area contributed by atoms with E-state index in [1.165, 1.54) is 12.1 Å². The maximum absolute atomic E-state index is 13.1. The SMILES string of the molecule is CNc1nc2c(Cl)cc(F)cc2cc1C. The fraction of sp³-hybridized carbons (Fsp3) is 0.182. The molecule has 0 aliphatic carbocycles. The summed E-state index contributed by atoms with van der Waals surface area (Å²) >= 11 is 5.91. The number of nitrogens with zero attached hydrogens (tertiary/aromatic N) is 1. The van der Waals surface area contributed by atoms with Crippen LogP contribution in [0.3, 0.4) is 0 Å². The van der Waals surface area contributed by atoms with Gasteiger partial charge in [-0.2, -0.15) is 0 Å². The molecule has 0 fully saturated rings. The summed E-state index contributed by atoms with van der Waals surface area (Å²) in [5, 5.41) is 4.02. The molecule has 0 amide bonds. The van der Waals surface area contributed by atoms with Crippen LogP contribution in [-0.2, 0) is 0 Å². The Labute approximate surface area is 92.1 Å². The first-order chi connectivity index (χ1) is 7.11. The summed E-state index contributed by atoms with van der Waals surface area (Å²) in [5.74, 6) is 0.418. The van der Waals surface area contributed by atoms with Crippen LogP contribution in [0.4, 0.5) is 10.2 Å². The molecule has 1 aromatic heterocycles. The van der Waals surface area contributed by atoms with Gasteiger partial charge in [0.15, 0.2) is 0 Å². The zero-order valence-corrected chi connectivity index (χ0v) is 9.19. The first-order valence-corrected chi connectivity index (χ1v) is 4.94. The monoisotopic (exact) mass is 224 g/mol. The number of hydrogen-bond donors (Lipinski definition) is 1. The summed E-state index contributed by atoms with van der Waals surface area (Å²) in [6.07, 6.45) is 0. The molecule has 0 unspecified atom stereocenters. The normalized spacial score (nSPS) is 10.7. The highest BCUT2D eigenvalue weighted by atomic mass is 35.5. The molecule has 0 aliphatic heterocycles. The highest BCUT2D eigenvalue weighted by Crippen LogP contribution is 2.26. The lowest BCUT2D eigenvalue weighted by molar-refractivity contribution is 0.629. The number of nitrogens with one attached hydrogen (secondary N) is 1. The third kappa shape index (κ3) is 1.75. The van der Waals surface area contributed by atoms with Crippen molar-refractivity contribution in [1.29, 1.82) is 0 Å². The van der Waals surface area contributed by atoms with Gasteiger partial charge >= 0.3 is 0 Å². The molecule has 0 aliphatic rings. The Kier molecular flexibility index (Phi) is 2.49. The minimum absolute atomic E-state index is 0.335. The fourth-order valence-electron chi connectivity index (χ4n) is 1.57. The molecular weight excluding hydrogens is 215 g/mol. The molecule has 0 bridgehead atoms. The molecule has 0 saturated carbocycles. The second-order valence-corrected chi connectivity index (χ2v) is 3.77. The van der Waals surface area contributed by atoms with Crippen LogP contribution in [-0.4, -0.2) is 12.0 Å². The molecule has 2 nitrogen and oxygen atoms in total. The van der Waals surface area contributed by atoms with E-state index in [0.29, 0.717) is 10.5 Å². The van der Waals surface area contributed by atoms with E-state index in [9.17, 15) is 4.39 Å². The van der Waals surface area contributed by atoms with E-state index in [1.54, 1.807) is 7.05 Å². The molecule has 1 aromatic carbocycles. The van der Waals surface area contributed by atoms with E-state index >= 15 is 0 Å². The summed E-state index contributed by atoms with van der Waals surface area (Å²) in [6.45, 7) is 1.91. The Morgan fingerprint density at radius 2 is 2.07 bits per heavy atom. The number of fused-ring (bicyclic) bond motifs is 1. The minimum Gasteiger partial charge on any atom is -0.373 e. The average molecular weight is 225 g/mol. The maximum Gasteiger partial charge on any atom is 0.129 e. The van der Waals surface area contributed by atoms with E-state index in [4.69, 9.17) is 11.6 Å². The van der Waals surface area contributed by atoms with Gasteiger partial charge in [0.1, 0.15) is 11.6 Å². The van der Waals surface area contributed by atoms with Crippen molar-refractivity contribution in [3.8, 4) is 0 Å². The van der Waals surface area contributed by atoms with Crippen molar-refractivity contribution in [3.63, 3.8) is 0 Å². The van der Waals surface area contributed by atoms with Crippen LogP contribution < -0.4 is 5.32 Å². The highest BCUT2D eigenvalue weighted by molar-refractivity contribution is 6.35. The van der Waals surface area contributed by atoms with Crippen molar-refractivity contribution in [2.24, 2.45) is 0 Å². The van der Waals surface area contributed by atoms with Crippen LogP contribution in [0.25, 0.3) is 10.9 Å². The second-order valence-electron chi connectivity index (χ2n) is 3.36. The lowest BCUT2D eigenvalue weighted by atomic mass is 10.1. The molecule has 15 heavy (non-hydrogen) atoms. The predicted molar refractivity (Wildman–Crippen MR) is 61.0 cm³/mol. The lowest BCUT2D eigenvalue weighted by Gasteiger charge is -2.07. The smallest absolute Gasteiger partial charge is 0.129 e. The standard InChI is InChI=1S/C11H10ClFN2/c1-6-3-7-4-8(13)5-9(12)10(7)15-11(6)14-2/h3-5H,1-2H3,(H,14,15). The van der Waals surface area contributed by atoms with Crippen LogP contribution >= 0.6 is 11.6 Å². The molecule has 0 atom stereocenters. The third-order valence-corrected chi connectivity index (χ3v) is 2.55. The molecule has 0 saturated heterocycles. The van der Waals surface area contributed by atoms with Crippen LogP contribution in [0.1, 0.15) is 5.56 Å². The number of rotatable bonds is 1. The van der Waals surface area contributed by atoms with Gasteiger partial charge in [0.05, 0.1) is 10.5 Å². The van der Waals surface area contributed by atoms with Gasteiger partial charge < -0.3 is 5.32 Å². The Morgan fingerprint density at radius 1 is 1.33 bits per heavy atom. The number of anilines is 1. The topological polar surface area (TPSA) is 24.9 Å². The molecular formula is C11H10ClFN2. The van der Waals surface area contributed by atoms with Gasteiger partial charge in [0.25, 0.3) is 0 Å². The molecule has 1 heterocycles. The molecule has 0 radical (unpaired) electrons. The largest absolute Gasteiger partial charge is 0.373 e. The summed E-state index contributed by atoms with van der Waals surface area (Å²) in [7, 11) is 1.79. The molecule has 2 rings (SSSR count). The van der Waals surface area contributed by atoms with Crippen LogP contribution in [0.5, 0.6) is 0 Å². The van der Waals surface area contributed by atoms with Gasteiger partial charge in [-0.15, -0.1) is 0 Å². The van der Waals surface area contributed by atoms with Gasteiger partial charge in [-0.3, -0.25) is 0 Å². The van der Waals surface area contributed by atoms with Crippen molar-refractivity contribution < 1.29 is 4.39 Å².